The Morgan fingerprint density at radius 3 is 1.23 bits per heavy atom. The summed E-state index contributed by atoms with van der Waals surface area (Å²) in [6.45, 7) is 0. The van der Waals surface area contributed by atoms with Crippen molar-refractivity contribution in [1.82, 2.24) is 0 Å². The lowest BCUT2D eigenvalue weighted by Crippen LogP contribution is -2.32. The molecule has 0 aliphatic heterocycles. The van der Waals surface area contributed by atoms with Crippen LogP contribution in [0.2, 0.25) is 0 Å². The average molecular weight is 451 g/mol. The molecule has 0 saturated carbocycles. The van der Waals surface area contributed by atoms with Gasteiger partial charge >= 0.3 is 0 Å². The number of nitrogens with zero attached hydrogens (tertiary/aromatic N) is 1. The van der Waals surface area contributed by atoms with Gasteiger partial charge in [0.1, 0.15) is 23.2 Å². The number of benzene rings is 4. The molecule has 0 N–H and O–H groups in total. The predicted molar refractivity (Wildman–Crippen MR) is 135 cm³/mol. The quantitative estimate of drug-likeness (QED) is 0.347. The monoisotopic (exact) mass is 450 g/mol. The second kappa shape index (κ2) is 11.0. The lowest BCUT2D eigenvalue weighted by atomic mass is 10.2. The van der Waals surface area contributed by atoms with Crippen molar-refractivity contribution < 1.29 is 0 Å². The summed E-state index contributed by atoms with van der Waals surface area (Å²) in [7, 11) is -1.88. The van der Waals surface area contributed by atoms with E-state index >= 15 is 0 Å². The molecule has 30 heavy (non-hydrogen) atoms. The van der Waals surface area contributed by atoms with Crippen LogP contribution in [0.5, 0.6) is 0 Å². The summed E-state index contributed by atoms with van der Waals surface area (Å²) in [5.74, 6) is 0. The van der Waals surface area contributed by atoms with E-state index in [0.717, 1.165) is 6.16 Å². The minimum absolute atomic E-state index is 0. The summed E-state index contributed by atoms with van der Waals surface area (Å²) in [5, 5.41) is 13.3. The van der Waals surface area contributed by atoms with Crippen molar-refractivity contribution in [2.75, 3.05) is 0 Å². The van der Waals surface area contributed by atoms with Crippen LogP contribution in [0.4, 0.5) is 0 Å². The molecule has 0 heterocycles. The van der Waals surface area contributed by atoms with Gasteiger partial charge in [-0.15, -0.1) is 24.8 Å². The maximum Gasteiger partial charge on any atom is 0.116 e. The third kappa shape index (κ3) is 4.75. The van der Waals surface area contributed by atoms with Crippen LogP contribution in [0.25, 0.3) is 0 Å². The first kappa shape index (κ1) is 23.7. The van der Waals surface area contributed by atoms with Gasteiger partial charge in [0.05, 0.1) is 17.8 Å². The minimum Gasteiger partial charge on any atom is -0.192 e. The number of nitriles is 1. The molecule has 0 aliphatic carbocycles. The zero-order valence-electron chi connectivity index (χ0n) is 16.4. The SMILES string of the molecule is Cl.Cl.N#Cc1ccc(C[P+](c2ccccc2)(c2ccccc2)c2ccccc2)cc1. The fourth-order valence-corrected chi connectivity index (χ4v) is 7.97. The molecule has 4 aromatic rings. The molecule has 0 aliphatic rings. The third-order valence-electron chi connectivity index (χ3n) is 5.09. The van der Waals surface area contributed by atoms with Crippen LogP contribution >= 0.6 is 32.1 Å². The Morgan fingerprint density at radius 1 is 0.533 bits per heavy atom. The van der Waals surface area contributed by atoms with Crippen molar-refractivity contribution in [2.45, 2.75) is 6.16 Å². The Kier molecular flexibility index (Phi) is 8.64. The Hall–Kier alpha value is -2.62. The summed E-state index contributed by atoms with van der Waals surface area (Å²) in [4.78, 5) is 0. The van der Waals surface area contributed by atoms with Crippen LogP contribution in [0.15, 0.2) is 115 Å². The Balaban J connectivity index is 0.00000160. The van der Waals surface area contributed by atoms with Crippen LogP contribution in [0.1, 0.15) is 11.1 Å². The van der Waals surface area contributed by atoms with E-state index in [-0.39, 0.29) is 24.8 Å². The second-order valence-corrected chi connectivity index (χ2v) is 10.3. The number of hydrogen-bond donors (Lipinski definition) is 0. The van der Waals surface area contributed by atoms with Crippen molar-refractivity contribution >= 4 is 48.0 Å². The highest BCUT2D eigenvalue weighted by molar-refractivity contribution is 7.95. The molecule has 0 saturated heterocycles. The molecule has 0 spiro atoms. The highest BCUT2D eigenvalue weighted by Gasteiger charge is 2.45. The average Bonchev–Trinajstić information content (AvgIpc) is 2.80. The minimum atomic E-state index is -1.88. The zero-order valence-corrected chi connectivity index (χ0v) is 18.9. The molecule has 4 heteroatoms. The van der Waals surface area contributed by atoms with Crippen LogP contribution in [0, 0.1) is 11.3 Å². The van der Waals surface area contributed by atoms with Crippen molar-refractivity contribution in [1.29, 1.82) is 5.26 Å². The number of hydrogen-bond acceptors (Lipinski definition) is 1. The first-order valence-corrected chi connectivity index (χ1v) is 11.3. The van der Waals surface area contributed by atoms with E-state index in [4.69, 9.17) is 5.26 Å². The molecule has 4 rings (SSSR count). The largest absolute Gasteiger partial charge is 0.192 e. The smallest absolute Gasteiger partial charge is 0.116 e. The van der Waals surface area contributed by atoms with E-state index in [0.29, 0.717) is 5.56 Å². The van der Waals surface area contributed by atoms with Crippen LogP contribution in [-0.4, -0.2) is 0 Å². The molecule has 150 valence electrons. The van der Waals surface area contributed by atoms with Gasteiger partial charge in [-0.3, -0.25) is 0 Å². The molecule has 0 bridgehead atoms. The fourth-order valence-electron chi connectivity index (χ4n) is 3.73. The summed E-state index contributed by atoms with van der Waals surface area (Å²) in [5.41, 5.74) is 1.95. The van der Waals surface area contributed by atoms with Gasteiger partial charge in [-0.25, -0.2) is 0 Å². The highest BCUT2D eigenvalue weighted by Crippen LogP contribution is 2.58. The maximum atomic E-state index is 9.15. The molecule has 1 nitrogen and oxygen atoms in total. The first-order chi connectivity index (χ1) is 13.8. The van der Waals surface area contributed by atoms with Crippen molar-refractivity contribution in [2.24, 2.45) is 0 Å². The van der Waals surface area contributed by atoms with Gasteiger partial charge in [-0.05, 0) is 54.1 Å². The van der Waals surface area contributed by atoms with Crippen LogP contribution < -0.4 is 15.9 Å². The molecule has 0 unspecified atom stereocenters. The summed E-state index contributed by atoms with van der Waals surface area (Å²) in [6.07, 6.45) is 0.927. The van der Waals surface area contributed by atoms with Gasteiger partial charge in [0.25, 0.3) is 0 Å². The zero-order chi connectivity index (χ0) is 19.2. The highest BCUT2D eigenvalue weighted by atomic mass is 35.5. The van der Waals surface area contributed by atoms with Gasteiger partial charge in [0, 0.05) is 0 Å². The van der Waals surface area contributed by atoms with Crippen molar-refractivity contribution in [3.63, 3.8) is 0 Å². The Labute approximate surface area is 191 Å². The van der Waals surface area contributed by atoms with Gasteiger partial charge in [0.2, 0.25) is 0 Å². The summed E-state index contributed by atoms with van der Waals surface area (Å²) < 4.78 is 0. The molecule has 0 radical (unpaired) electrons. The van der Waals surface area contributed by atoms with Crippen molar-refractivity contribution in [3.05, 3.63) is 126 Å². The van der Waals surface area contributed by atoms with E-state index in [1.165, 1.54) is 21.5 Å². The van der Waals surface area contributed by atoms with E-state index in [9.17, 15) is 0 Å². The van der Waals surface area contributed by atoms with Crippen LogP contribution in [0.3, 0.4) is 0 Å². The first-order valence-electron chi connectivity index (χ1n) is 9.37. The van der Waals surface area contributed by atoms with E-state index < -0.39 is 7.26 Å². The standard InChI is InChI=1S/C26H21NP.2ClH/c27-20-22-16-18-23(19-17-22)21-28(24-10-4-1-5-11-24,25-12-6-2-7-13-25)26-14-8-3-9-15-26;;/h1-19H,21H2;2*1H/q+1;;. The van der Waals surface area contributed by atoms with Gasteiger partial charge in [0.15, 0.2) is 0 Å². The van der Waals surface area contributed by atoms with Crippen LogP contribution in [-0.2, 0) is 6.16 Å². The fraction of sp³-hybridized carbons (Fsp3) is 0.0385. The molecular weight excluding hydrogens is 428 g/mol. The maximum absolute atomic E-state index is 9.15. The third-order valence-corrected chi connectivity index (χ3v) is 9.47. The Morgan fingerprint density at radius 2 is 0.900 bits per heavy atom. The number of rotatable bonds is 5. The predicted octanol–water partition coefficient (Wildman–Crippen LogP) is 5.90. The van der Waals surface area contributed by atoms with Crippen molar-refractivity contribution in [3.8, 4) is 6.07 Å². The van der Waals surface area contributed by atoms with Gasteiger partial charge in [-0.2, -0.15) is 5.26 Å². The number of halogens is 2. The topological polar surface area (TPSA) is 23.8 Å². The summed E-state index contributed by atoms with van der Waals surface area (Å²) >= 11 is 0. The van der Waals surface area contributed by atoms with E-state index in [1.54, 1.807) is 0 Å². The van der Waals surface area contributed by atoms with E-state index in [1.807, 2.05) is 12.1 Å². The summed E-state index contributed by atoms with van der Waals surface area (Å²) in [6, 6.07) is 42.9. The molecule has 0 atom stereocenters. The van der Waals surface area contributed by atoms with E-state index in [2.05, 4.69) is 109 Å². The molecule has 0 fully saturated rings. The normalized spacial score (nSPS) is 10.2. The molecule has 0 aromatic heterocycles. The lowest BCUT2D eigenvalue weighted by Gasteiger charge is -2.27. The second-order valence-electron chi connectivity index (χ2n) is 6.78. The Bertz CT molecular complexity index is 980. The molecule has 0 amide bonds. The molecule has 4 aromatic carbocycles. The lowest BCUT2D eigenvalue weighted by molar-refractivity contribution is 1.37. The van der Waals surface area contributed by atoms with Gasteiger partial charge < -0.3 is 0 Å². The molecular formula is C26H23Cl2NP+. The van der Waals surface area contributed by atoms with Gasteiger partial charge in [-0.1, -0.05) is 66.7 Å².